The van der Waals surface area contributed by atoms with Crippen LogP contribution in [0.4, 0.5) is 4.39 Å². The van der Waals surface area contributed by atoms with Gasteiger partial charge in [-0.05, 0) is 60.5 Å². The number of nitrogens with zero attached hydrogens (tertiary/aromatic N) is 1. The first-order valence-corrected chi connectivity index (χ1v) is 13.8. The Morgan fingerprint density at radius 2 is 1.64 bits per heavy atom. The van der Waals surface area contributed by atoms with Crippen LogP contribution in [0, 0.1) is 5.82 Å². The second kappa shape index (κ2) is 13.6. The number of rotatable bonds is 10. The molecule has 0 atom stereocenters. The molecule has 1 heterocycles. The summed E-state index contributed by atoms with van der Waals surface area (Å²) in [7, 11) is 1.38. The molecule has 228 valence electrons. The lowest BCUT2D eigenvalue weighted by Crippen LogP contribution is -2.19. The summed E-state index contributed by atoms with van der Waals surface area (Å²) in [4.78, 5) is 40.3. The van der Waals surface area contributed by atoms with E-state index in [4.69, 9.17) is 18.9 Å². The van der Waals surface area contributed by atoms with Crippen LogP contribution < -0.4 is 24.4 Å². The molecule has 0 spiro atoms. The van der Waals surface area contributed by atoms with E-state index in [1.165, 1.54) is 50.6 Å². The highest BCUT2D eigenvalue weighted by molar-refractivity contribution is 6.10. The van der Waals surface area contributed by atoms with Crippen molar-refractivity contribution in [1.82, 2.24) is 10.4 Å². The Morgan fingerprint density at radius 1 is 0.889 bits per heavy atom. The summed E-state index contributed by atoms with van der Waals surface area (Å²) in [6, 6.07) is 22.9. The van der Waals surface area contributed by atoms with Crippen LogP contribution in [0.15, 0.2) is 90.0 Å². The molecule has 0 aliphatic heterocycles. The maximum Gasteiger partial charge on any atom is 0.343 e. The molecule has 4 aromatic carbocycles. The van der Waals surface area contributed by atoms with Gasteiger partial charge in [0.15, 0.2) is 23.0 Å². The van der Waals surface area contributed by atoms with Gasteiger partial charge >= 0.3 is 11.9 Å². The van der Waals surface area contributed by atoms with Crippen molar-refractivity contribution in [2.24, 2.45) is 5.10 Å². The molecule has 11 heteroatoms. The Bertz CT molecular complexity index is 1920. The third-order valence-electron chi connectivity index (χ3n) is 6.58. The van der Waals surface area contributed by atoms with E-state index in [1.54, 1.807) is 31.2 Å². The van der Waals surface area contributed by atoms with Crippen LogP contribution >= 0.6 is 0 Å². The van der Waals surface area contributed by atoms with Gasteiger partial charge in [-0.15, -0.1) is 0 Å². The zero-order valence-corrected chi connectivity index (χ0v) is 24.6. The number of aromatic nitrogens is 1. The number of nitrogens with one attached hydrogen (secondary N) is 2. The predicted octanol–water partition coefficient (Wildman–Crippen LogP) is 6.29. The van der Waals surface area contributed by atoms with Crippen LogP contribution in [0.1, 0.15) is 40.3 Å². The number of H-pyrrole nitrogens is 1. The first-order valence-electron chi connectivity index (χ1n) is 13.8. The van der Waals surface area contributed by atoms with Gasteiger partial charge in [-0.1, -0.05) is 42.5 Å². The first-order chi connectivity index (χ1) is 21.8. The number of carbonyl (C=O) groups excluding carboxylic acids is 3. The van der Waals surface area contributed by atoms with E-state index in [9.17, 15) is 18.8 Å². The minimum Gasteiger partial charge on any atom is -0.493 e. The number of hydrogen-bond acceptors (Lipinski definition) is 8. The maximum absolute atomic E-state index is 14.6. The summed E-state index contributed by atoms with van der Waals surface area (Å²) in [5.41, 5.74) is 4.87. The number of hydrazone groups is 1. The molecule has 0 bridgehead atoms. The molecule has 0 aliphatic rings. The fraction of sp³-hybridized carbons (Fsp3) is 0.118. The molecule has 45 heavy (non-hydrogen) atoms. The fourth-order valence-electron chi connectivity index (χ4n) is 4.63. The predicted molar refractivity (Wildman–Crippen MR) is 166 cm³/mol. The number of amides is 1. The van der Waals surface area contributed by atoms with Crippen molar-refractivity contribution in [3.63, 3.8) is 0 Å². The molecule has 5 rings (SSSR count). The molecule has 10 nitrogen and oxygen atoms in total. The zero-order valence-electron chi connectivity index (χ0n) is 24.6. The normalized spacial score (nSPS) is 10.9. The molecule has 0 fully saturated rings. The van der Waals surface area contributed by atoms with E-state index >= 15 is 0 Å². The van der Waals surface area contributed by atoms with Crippen LogP contribution in [0.3, 0.4) is 0 Å². The third-order valence-corrected chi connectivity index (χ3v) is 6.58. The fourth-order valence-corrected chi connectivity index (χ4v) is 4.63. The number of ether oxygens (including phenoxy) is 4. The lowest BCUT2D eigenvalue weighted by molar-refractivity contribution is -0.132. The summed E-state index contributed by atoms with van der Waals surface area (Å²) in [6.07, 6.45) is 1.40. The number of fused-ring (bicyclic) bond motifs is 1. The van der Waals surface area contributed by atoms with Crippen molar-refractivity contribution in [3.8, 4) is 34.1 Å². The quantitative estimate of drug-likeness (QED) is 0.0824. The van der Waals surface area contributed by atoms with E-state index in [2.05, 4.69) is 15.5 Å². The van der Waals surface area contributed by atoms with Crippen molar-refractivity contribution in [3.05, 3.63) is 108 Å². The van der Waals surface area contributed by atoms with E-state index < -0.39 is 23.7 Å². The molecule has 0 radical (unpaired) electrons. The van der Waals surface area contributed by atoms with Gasteiger partial charge in [0, 0.05) is 17.9 Å². The summed E-state index contributed by atoms with van der Waals surface area (Å²) in [5.74, 6) is -1.49. The van der Waals surface area contributed by atoms with E-state index in [-0.39, 0.29) is 46.4 Å². The van der Waals surface area contributed by atoms with E-state index in [0.717, 1.165) is 5.56 Å². The molecule has 0 saturated heterocycles. The smallest absolute Gasteiger partial charge is 0.343 e. The molecule has 1 aromatic heterocycles. The maximum atomic E-state index is 14.6. The molecule has 5 aromatic rings. The van der Waals surface area contributed by atoms with Crippen molar-refractivity contribution in [2.45, 2.75) is 13.8 Å². The number of methoxy groups -OCH3 is 1. The van der Waals surface area contributed by atoms with E-state index in [1.807, 2.05) is 30.3 Å². The van der Waals surface area contributed by atoms with Gasteiger partial charge < -0.3 is 23.9 Å². The SMILES string of the molecule is CCOc1cc(C=NNC(=O)c2[nH]c3c(F)cccc3c2-c2ccccc2)ccc1OC(=O)c1ccc(OC(C)=O)c(OC)c1. The van der Waals surface area contributed by atoms with Crippen molar-refractivity contribution < 1.29 is 37.7 Å². The van der Waals surface area contributed by atoms with Gasteiger partial charge in [0.25, 0.3) is 5.91 Å². The molecule has 0 aliphatic carbocycles. The van der Waals surface area contributed by atoms with Crippen LogP contribution in [0.25, 0.3) is 22.0 Å². The van der Waals surface area contributed by atoms with Gasteiger partial charge in [0.05, 0.1) is 31.0 Å². The minimum atomic E-state index is -0.693. The number of esters is 2. The molecule has 0 saturated carbocycles. The van der Waals surface area contributed by atoms with Crippen molar-refractivity contribution in [2.75, 3.05) is 13.7 Å². The van der Waals surface area contributed by atoms with Crippen LogP contribution in [-0.4, -0.2) is 42.8 Å². The molecule has 2 N–H and O–H groups in total. The number of carbonyl (C=O) groups is 3. The number of halogens is 1. The summed E-state index contributed by atoms with van der Waals surface area (Å²) in [6.45, 7) is 3.32. The summed E-state index contributed by atoms with van der Waals surface area (Å²) >= 11 is 0. The molecular weight excluding hydrogens is 581 g/mol. The zero-order chi connectivity index (χ0) is 31.9. The average Bonchev–Trinajstić information content (AvgIpc) is 3.44. The van der Waals surface area contributed by atoms with Crippen molar-refractivity contribution in [1.29, 1.82) is 0 Å². The van der Waals surface area contributed by atoms with Gasteiger partial charge in [0.1, 0.15) is 11.5 Å². The van der Waals surface area contributed by atoms with E-state index in [0.29, 0.717) is 16.5 Å². The summed E-state index contributed by atoms with van der Waals surface area (Å²) < 4.78 is 36.1. The lowest BCUT2D eigenvalue weighted by Gasteiger charge is -2.13. The Balaban J connectivity index is 1.34. The van der Waals surface area contributed by atoms with Crippen LogP contribution in [0.2, 0.25) is 0 Å². The second-order valence-corrected chi connectivity index (χ2v) is 9.59. The van der Waals surface area contributed by atoms with Crippen LogP contribution in [-0.2, 0) is 4.79 Å². The number of benzene rings is 4. The first kappa shape index (κ1) is 30.5. The molecule has 0 unspecified atom stereocenters. The monoisotopic (exact) mass is 609 g/mol. The highest BCUT2D eigenvalue weighted by Crippen LogP contribution is 2.34. The second-order valence-electron chi connectivity index (χ2n) is 9.59. The Kier molecular flexibility index (Phi) is 9.18. The Morgan fingerprint density at radius 3 is 2.38 bits per heavy atom. The lowest BCUT2D eigenvalue weighted by atomic mass is 10.0. The third kappa shape index (κ3) is 6.83. The average molecular weight is 610 g/mol. The largest absolute Gasteiger partial charge is 0.493 e. The van der Waals surface area contributed by atoms with Crippen molar-refractivity contribution >= 4 is 35.0 Å². The van der Waals surface area contributed by atoms with Gasteiger partial charge in [0.2, 0.25) is 0 Å². The van der Waals surface area contributed by atoms with Gasteiger partial charge in [-0.2, -0.15) is 5.10 Å². The van der Waals surface area contributed by atoms with Gasteiger partial charge in [-0.25, -0.2) is 14.6 Å². The molecule has 1 amide bonds. The Hall–Kier alpha value is -5.97. The highest BCUT2D eigenvalue weighted by Gasteiger charge is 2.21. The topological polar surface area (TPSA) is 128 Å². The van der Waals surface area contributed by atoms with Gasteiger partial charge in [-0.3, -0.25) is 9.59 Å². The number of hydrogen-bond donors (Lipinski definition) is 2. The standard InChI is InChI=1S/C34H28FN3O7/c1-4-43-29-17-21(13-15-27(29)45-34(41)23-14-16-26(44-20(2)39)28(18-23)42-3)19-36-38-33(40)32-30(22-9-6-5-7-10-22)24-11-8-12-25(35)31(24)37-32/h5-19,37H,4H2,1-3H3,(H,38,40). The highest BCUT2D eigenvalue weighted by atomic mass is 19.1. The number of para-hydroxylation sites is 1. The number of aromatic amines is 1. The molecular formula is C34H28FN3O7. The van der Waals surface area contributed by atoms with Crippen LogP contribution in [0.5, 0.6) is 23.0 Å². The summed E-state index contributed by atoms with van der Waals surface area (Å²) in [5, 5.41) is 4.65. The Labute approximate surface area is 257 Å². The minimum absolute atomic E-state index is 0.152.